The van der Waals surface area contributed by atoms with E-state index in [0.717, 1.165) is 17.8 Å². The lowest BCUT2D eigenvalue weighted by Gasteiger charge is -2.15. The zero-order valence-corrected chi connectivity index (χ0v) is 12.3. The lowest BCUT2D eigenvalue weighted by molar-refractivity contribution is 0.151. The van der Waals surface area contributed by atoms with Gasteiger partial charge in [0.2, 0.25) is 0 Å². The Morgan fingerprint density at radius 2 is 1.67 bits per heavy atom. The number of anilines is 1. The third kappa shape index (κ3) is 4.53. The highest BCUT2D eigenvalue weighted by Crippen LogP contribution is 2.20. The van der Waals surface area contributed by atoms with E-state index >= 15 is 0 Å². The van der Waals surface area contributed by atoms with Gasteiger partial charge in [-0.25, -0.2) is 8.78 Å². The van der Waals surface area contributed by atoms with Crippen molar-refractivity contribution in [1.82, 2.24) is 4.90 Å². The molecule has 0 amide bonds. The highest BCUT2D eigenvalue weighted by atomic mass is 19.3. The van der Waals surface area contributed by atoms with Gasteiger partial charge in [0.15, 0.2) is 0 Å². The molecule has 0 aromatic heterocycles. The number of nitrogens with zero attached hydrogens (tertiary/aromatic N) is 1. The van der Waals surface area contributed by atoms with Crippen molar-refractivity contribution in [1.29, 1.82) is 0 Å². The Hall–Kier alpha value is -1.94. The van der Waals surface area contributed by atoms with Crippen LogP contribution in [0, 0.1) is 0 Å². The van der Waals surface area contributed by atoms with Crippen molar-refractivity contribution in [2.45, 2.75) is 19.5 Å². The Morgan fingerprint density at radius 1 is 1.00 bits per heavy atom. The molecule has 112 valence electrons. The predicted molar refractivity (Wildman–Crippen MR) is 82.6 cm³/mol. The molecule has 0 atom stereocenters. The second-order valence-corrected chi connectivity index (χ2v) is 5.29. The van der Waals surface area contributed by atoms with Gasteiger partial charge < -0.3 is 10.2 Å². The summed E-state index contributed by atoms with van der Waals surface area (Å²) in [5.41, 5.74) is 3.33. The first-order chi connectivity index (χ1) is 10.1. The topological polar surface area (TPSA) is 15.3 Å². The van der Waals surface area contributed by atoms with E-state index in [-0.39, 0.29) is 5.56 Å². The standard InChI is InChI=1S/C17H20F2N2/c1-21(2)12-15-5-3-4-6-16(15)20-11-13-7-9-14(10-8-13)17(18)19/h3-10,17,20H,11-12H2,1-2H3. The minimum atomic E-state index is -2.41. The van der Waals surface area contributed by atoms with Crippen molar-refractivity contribution >= 4 is 5.69 Å². The molecule has 21 heavy (non-hydrogen) atoms. The van der Waals surface area contributed by atoms with Gasteiger partial charge in [-0.05, 0) is 31.3 Å². The molecule has 0 aliphatic heterocycles. The van der Waals surface area contributed by atoms with E-state index < -0.39 is 6.43 Å². The van der Waals surface area contributed by atoms with Crippen LogP contribution in [0.25, 0.3) is 0 Å². The van der Waals surface area contributed by atoms with Gasteiger partial charge in [0.05, 0.1) is 0 Å². The van der Waals surface area contributed by atoms with Crippen molar-refractivity contribution < 1.29 is 8.78 Å². The lowest BCUT2D eigenvalue weighted by atomic mass is 10.1. The number of nitrogens with one attached hydrogen (secondary N) is 1. The largest absolute Gasteiger partial charge is 0.381 e. The first-order valence-electron chi connectivity index (χ1n) is 6.90. The molecule has 2 aromatic rings. The summed E-state index contributed by atoms with van der Waals surface area (Å²) < 4.78 is 25.0. The number of rotatable bonds is 6. The van der Waals surface area contributed by atoms with Gasteiger partial charge in [-0.1, -0.05) is 42.5 Å². The number of alkyl halides is 2. The number of hydrogen-bond acceptors (Lipinski definition) is 2. The highest BCUT2D eigenvalue weighted by Gasteiger charge is 2.06. The van der Waals surface area contributed by atoms with E-state index in [9.17, 15) is 8.78 Å². The SMILES string of the molecule is CN(C)Cc1ccccc1NCc1ccc(C(F)F)cc1. The molecule has 0 bridgehead atoms. The van der Waals surface area contributed by atoms with Crippen LogP contribution in [0.1, 0.15) is 23.1 Å². The monoisotopic (exact) mass is 290 g/mol. The molecule has 0 heterocycles. The van der Waals surface area contributed by atoms with Crippen LogP contribution >= 0.6 is 0 Å². The Bertz CT molecular complexity index is 565. The number of hydrogen-bond donors (Lipinski definition) is 1. The first kappa shape index (κ1) is 15.4. The summed E-state index contributed by atoms with van der Waals surface area (Å²) in [6.45, 7) is 1.47. The molecule has 2 aromatic carbocycles. The smallest absolute Gasteiger partial charge is 0.263 e. The molecular weight excluding hydrogens is 270 g/mol. The minimum Gasteiger partial charge on any atom is -0.381 e. The summed E-state index contributed by atoms with van der Waals surface area (Å²) >= 11 is 0. The van der Waals surface area contributed by atoms with Gasteiger partial charge in [-0.15, -0.1) is 0 Å². The van der Waals surface area contributed by atoms with Gasteiger partial charge >= 0.3 is 0 Å². The molecule has 2 rings (SSSR count). The third-order valence-corrected chi connectivity index (χ3v) is 3.22. The molecule has 0 unspecified atom stereocenters. The maximum Gasteiger partial charge on any atom is 0.263 e. The molecule has 0 spiro atoms. The van der Waals surface area contributed by atoms with Crippen molar-refractivity contribution in [3.05, 3.63) is 65.2 Å². The van der Waals surface area contributed by atoms with Gasteiger partial charge in [-0.3, -0.25) is 0 Å². The summed E-state index contributed by atoms with van der Waals surface area (Å²) in [6.07, 6.45) is -2.41. The summed E-state index contributed by atoms with van der Waals surface area (Å²) in [6, 6.07) is 14.6. The fraction of sp³-hybridized carbons (Fsp3) is 0.294. The molecule has 2 nitrogen and oxygen atoms in total. The Balaban J connectivity index is 2.02. The number of para-hydroxylation sites is 1. The zero-order valence-electron chi connectivity index (χ0n) is 12.3. The van der Waals surface area contributed by atoms with Crippen molar-refractivity contribution in [3.63, 3.8) is 0 Å². The van der Waals surface area contributed by atoms with E-state index in [1.807, 2.05) is 32.3 Å². The Morgan fingerprint density at radius 3 is 2.29 bits per heavy atom. The fourth-order valence-corrected chi connectivity index (χ4v) is 2.15. The summed E-state index contributed by atoms with van der Waals surface area (Å²) in [5, 5.41) is 3.37. The summed E-state index contributed by atoms with van der Waals surface area (Å²) in [4.78, 5) is 2.11. The van der Waals surface area contributed by atoms with Crippen LogP contribution in [0.3, 0.4) is 0 Å². The maximum absolute atomic E-state index is 12.5. The molecule has 0 radical (unpaired) electrons. The van der Waals surface area contributed by atoms with Gasteiger partial charge in [0.25, 0.3) is 6.43 Å². The lowest BCUT2D eigenvalue weighted by Crippen LogP contribution is -2.12. The fourth-order valence-electron chi connectivity index (χ4n) is 2.15. The predicted octanol–water partition coefficient (Wildman–Crippen LogP) is 4.30. The average molecular weight is 290 g/mol. The molecule has 0 fully saturated rings. The molecule has 0 aliphatic carbocycles. The van der Waals surface area contributed by atoms with Gasteiger partial charge in [0, 0.05) is 24.3 Å². The van der Waals surface area contributed by atoms with Crippen LogP contribution in [0.5, 0.6) is 0 Å². The molecular formula is C17H20F2N2. The van der Waals surface area contributed by atoms with Crippen molar-refractivity contribution in [2.75, 3.05) is 19.4 Å². The Kier molecular flexibility index (Phi) is 5.28. The second-order valence-electron chi connectivity index (χ2n) is 5.29. The zero-order chi connectivity index (χ0) is 15.2. The molecule has 0 aliphatic rings. The summed E-state index contributed by atoms with van der Waals surface area (Å²) in [7, 11) is 4.06. The molecule has 1 N–H and O–H groups in total. The second kappa shape index (κ2) is 7.18. The van der Waals surface area contributed by atoms with Crippen LogP contribution in [0.15, 0.2) is 48.5 Å². The van der Waals surface area contributed by atoms with Gasteiger partial charge in [-0.2, -0.15) is 0 Å². The normalized spacial score (nSPS) is 11.1. The van der Waals surface area contributed by atoms with Gasteiger partial charge in [0.1, 0.15) is 0 Å². The van der Waals surface area contributed by atoms with E-state index in [1.165, 1.54) is 17.7 Å². The average Bonchev–Trinajstić information content (AvgIpc) is 2.46. The minimum absolute atomic E-state index is 0.0618. The van der Waals surface area contributed by atoms with E-state index in [4.69, 9.17) is 0 Å². The molecule has 0 saturated heterocycles. The molecule has 0 saturated carbocycles. The van der Waals surface area contributed by atoms with Crippen LogP contribution in [-0.2, 0) is 13.1 Å². The van der Waals surface area contributed by atoms with E-state index in [2.05, 4.69) is 16.3 Å². The van der Waals surface area contributed by atoms with Crippen LogP contribution in [0.4, 0.5) is 14.5 Å². The van der Waals surface area contributed by atoms with Crippen molar-refractivity contribution in [3.8, 4) is 0 Å². The van der Waals surface area contributed by atoms with Crippen molar-refractivity contribution in [2.24, 2.45) is 0 Å². The Labute approximate surface area is 124 Å². The summed E-state index contributed by atoms with van der Waals surface area (Å²) in [5.74, 6) is 0. The first-order valence-corrected chi connectivity index (χ1v) is 6.90. The quantitative estimate of drug-likeness (QED) is 0.853. The van der Waals surface area contributed by atoms with Crippen LogP contribution in [-0.4, -0.2) is 19.0 Å². The highest BCUT2D eigenvalue weighted by molar-refractivity contribution is 5.51. The molecule has 4 heteroatoms. The number of halogens is 2. The number of benzene rings is 2. The maximum atomic E-state index is 12.5. The van der Waals surface area contributed by atoms with Crippen LogP contribution < -0.4 is 5.32 Å². The van der Waals surface area contributed by atoms with E-state index in [0.29, 0.717) is 6.54 Å². The third-order valence-electron chi connectivity index (χ3n) is 3.22. The van der Waals surface area contributed by atoms with E-state index in [1.54, 1.807) is 12.1 Å². The van der Waals surface area contributed by atoms with Crippen LogP contribution in [0.2, 0.25) is 0 Å².